The summed E-state index contributed by atoms with van der Waals surface area (Å²) in [5.74, 6) is 0.506. The number of amides is 1. The fraction of sp³-hybridized carbons (Fsp3) is 0.500. The number of carbonyl (C=O) groups excluding carboxylic acids is 1. The van der Waals surface area contributed by atoms with E-state index in [4.69, 9.17) is 4.42 Å². The highest BCUT2D eigenvalue weighted by atomic mass is 16.3. The van der Waals surface area contributed by atoms with Crippen molar-refractivity contribution in [1.29, 1.82) is 0 Å². The Morgan fingerprint density at radius 1 is 1.08 bits per heavy atom. The smallest absolute Gasteiger partial charge is 0.289 e. The molecule has 0 bridgehead atoms. The number of carbonyl (C=O) groups is 1. The van der Waals surface area contributed by atoms with Gasteiger partial charge in [-0.15, -0.1) is 0 Å². The Bertz CT molecular complexity index is 755. The molecule has 0 aliphatic carbocycles. The van der Waals surface area contributed by atoms with E-state index in [0.717, 1.165) is 45.6 Å². The lowest BCUT2D eigenvalue weighted by Crippen LogP contribution is -2.45. The van der Waals surface area contributed by atoms with Crippen LogP contribution < -0.4 is 0 Å². The van der Waals surface area contributed by atoms with Crippen LogP contribution in [0.3, 0.4) is 0 Å². The topological polar surface area (TPSA) is 36.7 Å². The number of aryl methyl sites for hydroxylation is 1. The maximum absolute atomic E-state index is 12.6. The van der Waals surface area contributed by atoms with E-state index in [1.54, 1.807) is 18.4 Å². The highest BCUT2D eigenvalue weighted by Crippen LogP contribution is 2.40. The highest BCUT2D eigenvalue weighted by molar-refractivity contribution is 5.91. The van der Waals surface area contributed by atoms with Crippen LogP contribution in [0.25, 0.3) is 0 Å². The lowest BCUT2D eigenvalue weighted by atomic mass is 9.79. The van der Waals surface area contributed by atoms with Gasteiger partial charge in [0.25, 0.3) is 5.91 Å². The summed E-state index contributed by atoms with van der Waals surface area (Å²) in [6.07, 6.45) is 6.20. The Labute approximate surface area is 155 Å². The summed E-state index contributed by atoms with van der Waals surface area (Å²) in [5.41, 5.74) is 3.16. The van der Waals surface area contributed by atoms with Crippen LogP contribution in [0.2, 0.25) is 0 Å². The van der Waals surface area contributed by atoms with Crippen LogP contribution in [-0.2, 0) is 13.0 Å². The lowest BCUT2D eigenvalue weighted by Gasteiger charge is -2.40. The number of benzene rings is 1. The SMILES string of the molecule is CCc1ccccc1CN1CCCC2(CCN(C(=O)c3ccco3)C2)C1. The molecule has 2 aliphatic heterocycles. The van der Waals surface area contributed by atoms with E-state index in [2.05, 4.69) is 36.1 Å². The maximum Gasteiger partial charge on any atom is 0.289 e. The van der Waals surface area contributed by atoms with Gasteiger partial charge >= 0.3 is 0 Å². The van der Waals surface area contributed by atoms with Crippen molar-refractivity contribution in [3.05, 3.63) is 59.5 Å². The standard InChI is InChI=1S/C22H28N2O2/c1-2-18-7-3-4-8-19(18)15-23-12-6-10-22(16-23)11-13-24(17-22)21(25)20-9-5-14-26-20/h3-5,7-9,14H,2,6,10-13,15-17H2,1H3. The largest absolute Gasteiger partial charge is 0.459 e. The molecule has 26 heavy (non-hydrogen) atoms. The second-order valence-electron chi connectivity index (χ2n) is 7.89. The lowest BCUT2D eigenvalue weighted by molar-refractivity contribution is 0.0651. The number of rotatable bonds is 4. The van der Waals surface area contributed by atoms with Crippen molar-refractivity contribution in [3.8, 4) is 0 Å². The molecule has 2 aromatic rings. The summed E-state index contributed by atoms with van der Waals surface area (Å²) in [7, 11) is 0. The van der Waals surface area contributed by atoms with Gasteiger partial charge in [0.15, 0.2) is 5.76 Å². The van der Waals surface area contributed by atoms with Crippen LogP contribution >= 0.6 is 0 Å². The van der Waals surface area contributed by atoms with E-state index >= 15 is 0 Å². The molecule has 4 rings (SSSR count). The summed E-state index contributed by atoms with van der Waals surface area (Å²) in [6, 6.07) is 12.3. The Morgan fingerprint density at radius 2 is 1.92 bits per heavy atom. The first-order valence-corrected chi connectivity index (χ1v) is 9.81. The normalized spacial score (nSPS) is 23.7. The Kier molecular flexibility index (Phi) is 4.86. The molecule has 1 unspecified atom stereocenters. The second kappa shape index (κ2) is 7.28. The third kappa shape index (κ3) is 3.43. The molecule has 1 aromatic heterocycles. The van der Waals surface area contributed by atoms with Gasteiger partial charge in [-0.25, -0.2) is 0 Å². The molecule has 2 aliphatic rings. The van der Waals surface area contributed by atoms with Crippen LogP contribution in [0.5, 0.6) is 0 Å². The first-order chi connectivity index (χ1) is 12.7. The summed E-state index contributed by atoms with van der Waals surface area (Å²) >= 11 is 0. The number of likely N-dealkylation sites (tertiary alicyclic amines) is 2. The second-order valence-corrected chi connectivity index (χ2v) is 7.89. The van der Waals surface area contributed by atoms with Crippen LogP contribution in [0.4, 0.5) is 0 Å². The number of piperidine rings is 1. The van der Waals surface area contributed by atoms with Gasteiger partial charge in [0.2, 0.25) is 0 Å². The zero-order valence-electron chi connectivity index (χ0n) is 15.6. The Hall–Kier alpha value is -2.07. The summed E-state index contributed by atoms with van der Waals surface area (Å²) in [5, 5.41) is 0. The number of nitrogens with zero attached hydrogens (tertiary/aromatic N) is 2. The highest BCUT2D eigenvalue weighted by Gasteiger charge is 2.43. The van der Waals surface area contributed by atoms with E-state index in [1.807, 2.05) is 4.90 Å². The van der Waals surface area contributed by atoms with Gasteiger partial charge in [0.1, 0.15) is 0 Å². The third-order valence-electron chi connectivity index (χ3n) is 6.09. The molecule has 1 atom stereocenters. The predicted molar refractivity (Wildman–Crippen MR) is 102 cm³/mol. The molecule has 0 saturated carbocycles. The molecule has 138 valence electrons. The van der Waals surface area contributed by atoms with Crippen molar-refractivity contribution in [2.75, 3.05) is 26.2 Å². The summed E-state index contributed by atoms with van der Waals surface area (Å²) in [6.45, 7) is 7.21. The first-order valence-electron chi connectivity index (χ1n) is 9.81. The van der Waals surface area contributed by atoms with E-state index in [0.29, 0.717) is 5.76 Å². The molecule has 4 nitrogen and oxygen atoms in total. The van der Waals surface area contributed by atoms with E-state index < -0.39 is 0 Å². The van der Waals surface area contributed by atoms with Crippen molar-refractivity contribution in [2.45, 2.75) is 39.2 Å². The molecule has 1 aromatic carbocycles. The van der Waals surface area contributed by atoms with E-state index in [1.165, 1.54) is 24.0 Å². The third-order valence-corrected chi connectivity index (χ3v) is 6.09. The Morgan fingerprint density at radius 3 is 2.69 bits per heavy atom. The average Bonchev–Trinajstić information content (AvgIpc) is 3.32. The van der Waals surface area contributed by atoms with Gasteiger partial charge in [-0.1, -0.05) is 31.2 Å². The molecular formula is C22H28N2O2. The molecule has 0 radical (unpaired) electrons. The van der Waals surface area contributed by atoms with Crippen molar-refractivity contribution in [2.24, 2.45) is 5.41 Å². The van der Waals surface area contributed by atoms with E-state index in [-0.39, 0.29) is 11.3 Å². The molecular weight excluding hydrogens is 324 g/mol. The van der Waals surface area contributed by atoms with E-state index in [9.17, 15) is 4.79 Å². The van der Waals surface area contributed by atoms with Crippen LogP contribution in [0, 0.1) is 5.41 Å². The van der Waals surface area contributed by atoms with Gasteiger partial charge in [-0.3, -0.25) is 9.69 Å². The van der Waals surface area contributed by atoms with Crippen LogP contribution in [-0.4, -0.2) is 41.9 Å². The van der Waals surface area contributed by atoms with Gasteiger partial charge in [-0.05, 0) is 55.5 Å². The van der Waals surface area contributed by atoms with Gasteiger partial charge < -0.3 is 9.32 Å². The zero-order valence-corrected chi connectivity index (χ0v) is 15.6. The minimum atomic E-state index is 0.0420. The summed E-state index contributed by atoms with van der Waals surface area (Å²) in [4.78, 5) is 17.2. The quantitative estimate of drug-likeness (QED) is 0.835. The molecule has 3 heterocycles. The van der Waals surface area contributed by atoms with Crippen molar-refractivity contribution in [1.82, 2.24) is 9.80 Å². The van der Waals surface area contributed by atoms with Crippen LogP contribution in [0.1, 0.15) is 47.9 Å². The minimum absolute atomic E-state index is 0.0420. The molecule has 2 fully saturated rings. The Balaban J connectivity index is 1.43. The molecule has 1 spiro atoms. The molecule has 1 amide bonds. The van der Waals surface area contributed by atoms with Gasteiger partial charge in [0.05, 0.1) is 6.26 Å². The maximum atomic E-state index is 12.6. The predicted octanol–water partition coefficient (Wildman–Crippen LogP) is 3.97. The van der Waals surface area contributed by atoms with Crippen molar-refractivity contribution < 1.29 is 9.21 Å². The van der Waals surface area contributed by atoms with Crippen molar-refractivity contribution in [3.63, 3.8) is 0 Å². The van der Waals surface area contributed by atoms with Gasteiger partial charge in [-0.2, -0.15) is 0 Å². The monoisotopic (exact) mass is 352 g/mol. The molecule has 2 saturated heterocycles. The number of hydrogen-bond donors (Lipinski definition) is 0. The molecule has 0 N–H and O–H groups in total. The summed E-state index contributed by atoms with van der Waals surface area (Å²) < 4.78 is 5.31. The molecule has 4 heteroatoms. The van der Waals surface area contributed by atoms with Gasteiger partial charge in [0, 0.05) is 31.6 Å². The minimum Gasteiger partial charge on any atom is -0.459 e. The number of hydrogen-bond acceptors (Lipinski definition) is 3. The fourth-order valence-corrected chi connectivity index (χ4v) is 4.74. The van der Waals surface area contributed by atoms with Crippen LogP contribution in [0.15, 0.2) is 47.1 Å². The fourth-order valence-electron chi connectivity index (χ4n) is 4.74. The first kappa shape index (κ1) is 17.3. The zero-order chi connectivity index (χ0) is 18.0. The van der Waals surface area contributed by atoms with Crippen molar-refractivity contribution >= 4 is 5.91 Å². The number of furan rings is 1. The average molecular weight is 352 g/mol.